The van der Waals surface area contributed by atoms with Crippen LogP contribution in [-0.2, 0) is 22.6 Å². The van der Waals surface area contributed by atoms with Gasteiger partial charge in [0.25, 0.3) is 5.24 Å². The van der Waals surface area contributed by atoms with Crippen LogP contribution in [0.4, 0.5) is 15.3 Å². The monoisotopic (exact) mass is 414 g/mol. The molecule has 1 aromatic heterocycles. The molecule has 0 atom stereocenters. The number of nitrogens with zero attached hydrogens (tertiary/aromatic N) is 3. The van der Waals surface area contributed by atoms with Crippen molar-refractivity contribution in [1.82, 2.24) is 14.8 Å². The number of carbonyl (C=O) groups is 3. The minimum Gasteiger partial charge on any atom is -0.383 e. The van der Waals surface area contributed by atoms with E-state index in [1.807, 2.05) is 18.2 Å². The molecule has 0 radical (unpaired) electrons. The molecule has 0 unspecified atom stereocenters. The summed E-state index contributed by atoms with van der Waals surface area (Å²) in [6.07, 6.45) is 1.69. The Hall–Kier alpha value is -2.91. The number of nitrogens with one attached hydrogen (secondary N) is 1. The molecule has 1 aromatic carbocycles. The maximum absolute atomic E-state index is 12.7. The summed E-state index contributed by atoms with van der Waals surface area (Å²) in [6, 6.07) is 12.4. The summed E-state index contributed by atoms with van der Waals surface area (Å²) in [7, 11) is 1.59. The van der Waals surface area contributed by atoms with Crippen molar-refractivity contribution in [3.8, 4) is 0 Å². The zero-order valence-corrected chi connectivity index (χ0v) is 16.9. The van der Waals surface area contributed by atoms with Crippen LogP contribution in [0.3, 0.4) is 0 Å². The molecule has 2 heterocycles. The normalized spacial score (nSPS) is 13.6. The van der Waals surface area contributed by atoms with Gasteiger partial charge in [-0.05, 0) is 29.8 Å². The van der Waals surface area contributed by atoms with E-state index in [9.17, 15) is 14.4 Å². The molecule has 1 fully saturated rings. The van der Waals surface area contributed by atoms with E-state index in [1.165, 1.54) is 4.90 Å². The molecular weight excluding hydrogens is 392 g/mol. The number of ether oxygens (including phenoxy) is 1. The van der Waals surface area contributed by atoms with E-state index in [4.69, 9.17) is 4.74 Å². The highest BCUT2D eigenvalue weighted by molar-refractivity contribution is 8.14. The molecule has 9 heteroatoms. The lowest BCUT2D eigenvalue weighted by atomic mass is 10.2. The highest BCUT2D eigenvalue weighted by Crippen LogP contribution is 2.22. The number of methoxy groups -OCH3 is 1. The molecule has 1 aliphatic rings. The average molecular weight is 414 g/mol. The Morgan fingerprint density at radius 2 is 2.03 bits per heavy atom. The number of benzene rings is 1. The van der Waals surface area contributed by atoms with Gasteiger partial charge >= 0.3 is 6.03 Å². The first kappa shape index (κ1) is 20.8. The second-order valence-electron chi connectivity index (χ2n) is 6.40. The third-order valence-electron chi connectivity index (χ3n) is 4.32. The molecule has 1 aliphatic heterocycles. The predicted molar refractivity (Wildman–Crippen MR) is 110 cm³/mol. The number of urea groups is 1. The van der Waals surface area contributed by atoms with E-state index in [1.54, 1.807) is 42.5 Å². The summed E-state index contributed by atoms with van der Waals surface area (Å²) in [5.41, 5.74) is 2.22. The van der Waals surface area contributed by atoms with Crippen LogP contribution in [0.5, 0.6) is 0 Å². The smallest absolute Gasteiger partial charge is 0.322 e. The number of amides is 4. The molecule has 0 spiro atoms. The van der Waals surface area contributed by atoms with Gasteiger partial charge in [-0.2, -0.15) is 0 Å². The minimum atomic E-state index is -0.262. The van der Waals surface area contributed by atoms with Crippen molar-refractivity contribution in [2.75, 3.05) is 31.3 Å². The van der Waals surface area contributed by atoms with Crippen LogP contribution in [0.1, 0.15) is 11.3 Å². The van der Waals surface area contributed by atoms with Crippen LogP contribution in [0.15, 0.2) is 48.7 Å². The van der Waals surface area contributed by atoms with Crippen LogP contribution in [0.25, 0.3) is 0 Å². The second-order valence-corrected chi connectivity index (χ2v) is 7.32. The average Bonchev–Trinajstić information content (AvgIpc) is 3.05. The van der Waals surface area contributed by atoms with Crippen LogP contribution >= 0.6 is 11.8 Å². The number of rotatable bonds is 8. The molecule has 0 aliphatic carbocycles. The molecule has 29 heavy (non-hydrogen) atoms. The summed E-state index contributed by atoms with van der Waals surface area (Å²) in [5, 5.41) is 2.64. The Labute approximate surface area is 173 Å². The Balaban J connectivity index is 1.61. The van der Waals surface area contributed by atoms with Gasteiger partial charge in [-0.3, -0.25) is 19.5 Å². The Morgan fingerprint density at radius 1 is 1.24 bits per heavy atom. The van der Waals surface area contributed by atoms with Crippen molar-refractivity contribution in [3.63, 3.8) is 0 Å². The minimum absolute atomic E-state index is 0.180. The molecule has 2 aromatic rings. The maximum atomic E-state index is 12.7. The summed E-state index contributed by atoms with van der Waals surface area (Å²) in [5.74, 6) is 0.0151. The number of pyridine rings is 1. The van der Waals surface area contributed by atoms with Crippen molar-refractivity contribution in [1.29, 1.82) is 0 Å². The molecule has 1 saturated heterocycles. The first-order valence-electron chi connectivity index (χ1n) is 9.07. The van der Waals surface area contributed by atoms with Crippen molar-refractivity contribution >= 4 is 34.6 Å². The molecule has 1 N–H and O–H groups in total. The first-order chi connectivity index (χ1) is 14.1. The van der Waals surface area contributed by atoms with Gasteiger partial charge < -0.3 is 15.0 Å². The van der Waals surface area contributed by atoms with E-state index in [-0.39, 0.29) is 29.5 Å². The van der Waals surface area contributed by atoms with Gasteiger partial charge in [-0.15, -0.1) is 0 Å². The number of anilines is 1. The fourth-order valence-electron chi connectivity index (χ4n) is 2.75. The SMILES string of the molecule is COCCN(Cc1ccccn1)C(=O)Nc1ccc(CN2C(=O)CSC2=O)cc1. The lowest BCUT2D eigenvalue weighted by Gasteiger charge is -2.22. The van der Waals surface area contributed by atoms with Gasteiger partial charge in [0.1, 0.15) is 0 Å². The number of aromatic nitrogens is 1. The van der Waals surface area contributed by atoms with Gasteiger partial charge in [-0.1, -0.05) is 30.0 Å². The van der Waals surface area contributed by atoms with Gasteiger partial charge in [0.05, 0.1) is 31.1 Å². The van der Waals surface area contributed by atoms with E-state index in [2.05, 4.69) is 10.3 Å². The lowest BCUT2D eigenvalue weighted by molar-refractivity contribution is -0.125. The van der Waals surface area contributed by atoms with Crippen molar-refractivity contribution in [2.45, 2.75) is 13.1 Å². The van der Waals surface area contributed by atoms with Crippen LogP contribution in [0.2, 0.25) is 0 Å². The zero-order chi connectivity index (χ0) is 20.6. The Bertz CT molecular complexity index is 845. The molecule has 0 saturated carbocycles. The topological polar surface area (TPSA) is 91.8 Å². The largest absolute Gasteiger partial charge is 0.383 e. The quantitative estimate of drug-likeness (QED) is 0.714. The fourth-order valence-corrected chi connectivity index (χ4v) is 3.48. The third-order valence-corrected chi connectivity index (χ3v) is 5.18. The van der Waals surface area contributed by atoms with Crippen molar-refractivity contribution in [2.24, 2.45) is 0 Å². The molecule has 152 valence electrons. The zero-order valence-electron chi connectivity index (χ0n) is 16.0. The number of imide groups is 1. The summed E-state index contributed by atoms with van der Waals surface area (Å²) in [6.45, 7) is 1.44. The van der Waals surface area contributed by atoms with E-state index in [0.717, 1.165) is 23.0 Å². The number of thioether (sulfide) groups is 1. The first-order valence-corrected chi connectivity index (χ1v) is 10.1. The summed E-state index contributed by atoms with van der Waals surface area (Å²) >= 11 is 1.01. The standard InChI is InChI=1S/C20H22N4O4S/c1-28-11-10-23(13-17-4-2-3-9-21-17)19(26)22-16-7-5-15(6-8-16)12-24-18(25)14-29-20(24)27/h2-9H,10-14H2,1H3,(H,22,26). The molecule has 4 amide bonds. The highest BCUT2D eigenvalue weighted by atomic mass is 32.2. The second kappa shape index (κ2) is 10.0. The van der Waals surface area contributed by atoms with E-state index in [0.29, 0.717) is 25.4 Å². The van der Waals surface area contributed by atoms with E-state index < -0.39 is 0 Å². The molecule has 3 rings (SSSR count). The summed E-state index contributed by atoms with van der Waals surface area (Å²) < 4.78 is 5.10. The lowest BCUT2D eigenvalue weighted by Crippen LogP contribution is -2.37. The van der Waals surface area contributed by atoms with Gasteiger partial charge in [0, 0.05) is 25.5 Å². The Kier molecular flexibility index (Phi) is 7.20. The van der Waals surface area contributed by atoms with Crippen LogP contribution in [-0.4, -0.2) is 58.0 Å². The number of hydrogen-bond acceptors (Lipinski definition) is 6. The van der Waals surface area contributed by atoms with Gasteiger partial charge in [-0.25, -0.2) is 4.79 Å². The predicted octanol–water partition coefficient (Wildman–Crippen LogP) is 2.96. The van der Waals surface area contributed by atoms with Gasteiger partial charge in [0.2, 0.25) is 5.91 Å². The van der Waals surface area contributed by atoms with Crippen molar-refractivity contribution in [3.05, 3.63) is 59.9 Å². The van der Waals surface area contributed by atoms with Crippen LogP contribution < -0.4 is 5.32 Å². The van der Waals surface area contributed by atoms with Crippen LogP contribution in [0, 0.1) is 0 Å². The highest BCUT2D eigenvalue weighted by Gasteiger charge is 2.29. The maximum Gasteiger partial charge on any atom is 0.322 e. The fraction of sp³-hybridized carbons (Fsp3) is 0.300. The van der Waals surface area contributed by atoms with E-state index >= 15 is 0 Å². The number of carbonyl (C=O) groups excluding carboxylic acids is 3. The Morgan fingerprint density at radius 3 is 2.66 bits per heavy atom. The molecular formula is C20H22N4O4S. The number of hydrogen-bond donors (Lipinski definition) is 1. The van der Waals surface area contributed by atoms with Gasteiger partial charge in [0.15, 0.2) is 0 Å². The van der Waals surface area contributed by atoms with Crippen molar-refractivity contribution < 1.29 is 19.1 Å². The summed E-state index contributed by atoms with van der Waals surface area (Å²) in [4.78, 5) is 43.2. The molecule has 0 bridgehead atoms. The third kappa shape index (κ3) is 5.78. The molecule has 8 nitrogen and oxygen atoms in total.